The van der Waals surface area contributed by atoms with Crippen molar-refractivity contribution in [3.63, 3.8) is 0 Å². The smallest absolute Gasteiger partial charge is 0.351 e. The second kappa shape index (κ2) is 4.67. The van der Waals surface area contributed by atoms with Crippen molar-refractivity contribution in [3.8, 4) is 0 Å². The molecule has 0 aromatic carbocycles. The summed E-state index contributed by atoms with van der Waals surface area (Å²) < 4.78 is 2.95. The lowest BCUT2D eigenvalue weighted by molar-refractivity contribution is -0.139. The van der Waals surface area contributed by atoms with Crippen LogP contribution in [0.5, 0.6) is 0 Å². The van der Waals surface area contributed by atoms with E-state index in [9.17, 15) is 4.79 Å². The molecule has 80 valence electrons. The van der Waals surface area contributed by atoms with Crippen molar-refractivity contribution >= 4 is 64.0 Å². The number of esters is 1. The Morgan fingerprint density at radius 3 is 2.07 bits per heavy atom. The number of halogens is 5. The van der Waals surface area contributed by atoms with Gasteiger partial charge in [0.05, 0.1) is 5.03 Å². The Kier molecular flexibility index (Phi) is 4.24. The molecule has 0 aromatic rings. The molecule has 0 atom stereocenters. The third kappa shape index (κ3) is 3.67. The van der Waals surface area contributed by atoms with Crippen LogP contribution in [0.2, 0.25) is 0 Å². The summed E-state index contributed by atoms with van der Waals surface area (Å²) in [5.74, 6) is -0.759. The van der Waals surface area contributed by atoms with E-state index in [4.69, 9.17) is 62.7 Å². The van der Waals surface area contributed by atoms with Crippen molar-refractivity contribution < 1.29 is 9.53 Å². The second-order valence-corrected chi connectivity index (χ2v) is 5.77. The number of allylic oxidation sites excluding steroid dienone is 1. The van der Waals surface area contributed by atoms with Gasteiger partial charge >= 0.3 is 5.97 Å². The minimum absolute atomic E-state index is 0.0731. The maximum atomic E-state index is 11.2. The van der Waals surface area contributed by atoms with E-state index >= 15 is 0 Å². The first-order valence-electron chi connectivity index (χ1n) is 3.66. The van der Waals surface area contributed by atoms with Crippen molar-refractivity contribution in [2.24, 2.45) is 0 Å². The van der Waals surface area contributed by atoms with Crippen LogP contribution in [-0.2, 0) is 9.53 Å². The molecule has 0 saturated heterocycles. The van der Waals surface area contributed by atoms with E-state index in [1.807, 2.05) is 0 Å². The summed E-state index contributed by atoms with van der Waals surface area (Å²) in [7, 11) is 0. The Hall–Kier alpha value is 0.660. The zero-order valence-electron chi connectivity index (χ0n) is 6.70. The second-order valence-electron chi connectivity index (χ2n) is 2.73. The summed E-state index contributed by atoms with van der Waals surface area (Å²) in [4.78, 5) is 11.2. The van der Waals surface area contributed by atoms with E-state index in [-0.39, 0.29) is 11.1 Å². The number of rotatable bonds is 2. The lowest BCUT2D eigenvalue weighted by Gasteiger charge is -2.11. The van der Waals surface area contributed by atoms with E-state index in [0.717, 1.165) is 12.8 Å². The molecule has 0 aromatic heterocycles. The van der Waals surface area contributed by atoms with Gasteiger partial charge in [-0.1, -0.05) is 58.0 Å². The highest BCUT2D eigenvalue weighted by Crippen LogP contribution is 2.40. The minimum atomic E-state index is -1.90. The Morgan fingerprint density at radius 1 is 1.21 bits per heavy atom. The molecule has 1 saturated carbocycles. The molecule has 1 rings (SSSR count). The minimum Gasteiger partial charge on any atom is -0.458 e. The Morgan fingerprint density at radius 2 is 1.71 bits per heavy atom. The fourth-order valence-corrected chi connectivity index (χ4v) is 1.30. The zero-order chi connectivity index (χ0) is 10.9. The number of carbonyl (C=O) groups is 1. The van der Waals surface area contributed by atoms with Crippen LogP contribution < -0.4 is 0 Å². The predicted octanol–water partition coefficient (Wildman–Crippen LogP) is 3.75. The molecule has 1 aliphatic carbocycles. The lowest BCUT2D eigenvalue weighted by Crippen LogP contribution is -2.12. The van der Waals surface area contributed by atoms with Gasteiger partial charge in [-0.05, 0) is 12.8 Å². The van der Waals surface area contributed by atoms with Crippen LogP contribution in [0.1, 0.15) is 12.8 Å². The molecule has 1 aliphatic rings. The third-order valence-electron chi connectivity index (χ3n) is 1.42. The number of ether oxygens (including phenoxy) is 1. The largest absolute Gasteiger partial charge is 0.458 e. The molecule has 14 heavy (non-hydrogen) atoms. The molecule has 0 amide bonds. The quantitative estimate of drug-likeness (QED) is 0.441. The van der Waals surface area contributed by atoms with Crippen molar-refractivity contribution in [3.05, 3.63) is 10.1 Å². The molecule has 1 fully saturated rings. The van der Waals surface area contributed by atoms with Gasteiger partial charge in [0.2, 0.25) is 3.79 Å². The van der Waals surface area contributed by atoms with Crippen molar-refractivity contribution in [2.75, 3.05) is 0 Å². The standard InChI is InChI=1S/C7H5Cl5O2/c8-4(5(9)7(10,11)12)6(13)14-3-1-2-3/h3H,1-2H2/b5-4+. The van der Waals surface area contributed by atoms with Crippen LogP contribution >= 0.6 is 58.0 Å². The third-order valence-corrected chi connectivity index (χ3v) is 3.19. The predicted molar refractivity (Wildman–Crippen MR) is 58.1 cm³/mol. The first-order valence-corrected chi connectivity index (χ1v) is 5.55. The van der Waals surface area contributed by atoms with E-state index in [1.54, 1.807) is 0 Å². The summed E-state index contributed by atoms with van der Waals surface area (Å²) in [5, 5.41) is -0.742. The molecule has 0 N–H and O–H groups in total. The van der Waals surface area contributed by atoms with Crippen molar-refractivity contribution in [1.29, 1.82) is 0 Å². The Labute approximate surface area is 106 Å². The van der Waals surface area contributed by atoms with E-state index < -0.39 is 14.8 Å². The molecule has 7 heteroatoms. The number of alkyl halides is 3. The molecule has 0 spiro atoms. The first-order chi connectivity index (χ1) is 6.32. The fraction of sp³-hybridized carbons (Fsp3) is 0.571. The highest BCUT2D eigenvalue weighted by molar-refractivity contribution is 6.74. The van der Waals surface area contributed by atoms with Gasteiger partial charge in [0.25, 0.3) is 0 Å². The first kappa shape index (κ1) is 12.7. The molecular formula is C7H5Cl5O2. The SMILES string of the molecule is O=C(OC1CC1)/C(Cl)=C(\Cl)C(Cl)(Cl)Cl. The van der Waals surface area contributed by atoms with Gasteiger partial charge in [-0.15, -0.1) is 0 Å². The molecule has 0 aliphatic heterocycles. The molecule has 0 heterocycles. The van der Waals surface area contributed by atoms with Gasteiger partial charge in [0.15, 0.2) is 0 Å². The average Bonchev–Trinajstić information content (AvgIpc) is 2.83. The summed E-state index contributed by atoms with van der Waals surface area (Å²) >= 11 is 27.4. The van der Waals surface area contributed by atoms with E-state index in [1.165, 1.54) is 0 Å². The van der Waals surface area contributed by atoms with Crippen molar-refractivity contribution in [1.82, 2.24) is 0 Å². The number of carbonyl (C=O) groups excluding carboxylic acids is 1. The highest BCUT2D eigenvalue weighted by atomic mass is 35.6. The number of hydrogen-bond donors (Lipinski definition) is 0. The van der Waals surface area contributed by atoms with Crippen LogP contribution in [0.15, 0.2) is 10.1 Å². The van der Waals surface area contributed by atoms with Gasteiger partial charge in [0.1, 0.15) is 11.1 Å². The summed E-state index contributed by atoms with van der Waals surface area (Å²) in [5.41, 5.74) is 0. The monoisotopic (exact) mass is 296 g/mol. The van der Waals surface area contributed by atoms with Gasteiger partial charge in [-0.25, -0.2) is 4.79 Å². The molecule has 0 unspecified atom stereocenters. The van der Waals surface area contributed by atoms with Gasteiger partial charge in [-0.2, -0.15) is 0 Å². The maximum Gasteiger partial charge on any atom is 0.351 e. The van der Waals surface area contributed by atoms with Crippen LogP contribution in [0.3, 0.4) is 0 Å². The maximum absolute atomic E-state index is 11.2. The Bertz CT molecular complexity index is 276. The van der Waals surface area contributed by atoms with Crippen LogP contribution in [0.4, 0.5) is 0 Å². The van der Waals surface area contributed by atoms with Crippen LogP contribution in [0, 0.1) is 0 Å². The molecule has 2 nitrogen and oxygen atoms in total. The fourth-order valence-electron chi connectivity index (χ4n) is 0.603. The van der Waals surface area contributed by atoms with Crippen LogP contribution in [0.25, 0.3) is 0 Å². The molecular weight excluding hydrogens is 293 g/mol. The molecule has 0 radical (unpaired) electrons. The summed E-state index contributed by atoms with van der Waals surface area (Å²) in [6, 6.07) is 0. The Balaban J connectivity index is 2.69. The van der Waals surface area contributed by atoms with Gasteiger partial charge in [0, 0.05) is 0 Å². The molecule has 0 bridgehead atoms. The lowest BCUT2D eigenvalue weighted by atomic mass is 10.5. The summed E-state index contributed by atoms with van der Waals surface area (Å²) in [6.45, 7) is 0. The van der Waals surface area contributed by atoms with Crippen molar-refractivity contribution in [2.45, 2.75) is 22.7 Å². The normalized spacial score (nSPS) is 18.9. The van der Waals surface area contributed by atoms with Gasteiger partial charge < -0.3 is 4.74 Å². The number of hydrogen-bond acceptors (Lipinski definition) is 2. The van der Waals surface area contributed by atoms with Gasteiger partial charge in [-0.3, -0.25) is 0 Å². The van der Waals surface area contributed by atoms with E-state index in [0.29, 0.717) is 0 Å². The highest BCUT2D eigenvalue weighted by Gasteiger charge is 2.33. The van der Waals surface area contributed by atoms with E-state index in [2.05, 4.69) is 0 Å². The topological polar surface area (TPSA) is 26.3 Å². The van der Waals surface area contributed by atoms with Crippen LogP contribution in [-0.4, -0.2) is 15.9 Å². The average molecular weight is 298 g/mol. The summed E-state index contributed by atoms with van der Waals surface area (Å²) in [6.07, 6.45) is 1.60. The zero-order valence-corrected chi connectivity index (χ0v) is 10.5.